The zero-order valence-electron chi connectivity index (χ0n) is 11.7. The molecule has 0 aliphatic carbocycles. The summed E-state index contributed by atoms with van der Waals surface area (Å²) in [5.74, 6) is 2.78. The number of aryl methyl sites for hydroxylation is 2. The summed E-state index contributed by atoms with van der Waals surface area (Å²) in [6.45, 7) is 9.26. The van der Waals surface area contributed by atoms with Gasteiger partial charge in [0.25, 0.3) is 0 Å². The number of piperidine rings is 1. The number of aromatic nitrogens is 2. The minimum Gasteiger partial charge on any atom is -0.356 e. The molecule has 1 aliphatic heterocycles. The van der Waals surface area contributed by atoms with Crippen molar-refractivity contribution in [2.24, 2.45) is 11.7 Å². The Labute approximate surface area is 110 Å². The van der Waals surface area contributed by atoms with E-state index in [9.17, 15) is 0 Å². The Morgan fingerprint density at radius 1 is 1.22 bits per heavy atom. The van der Waals surface area contributed by atoms with E-state index in [2.05, 4.69) is 30.7 Å². The normalized spacial score (nSPS) is 17.2. The maximum absolute atomic E-state index is 5.74. The van der Waals surface area contributed by atoms with Crippen molar-refractivity contribution >= 4 is 5.82 Å². The van der Waals surface area contributed by atoms with Gasteiger partial charge in [0.05, 0.1) is 0 Å². The van der Waals surface area contributed by atoms with Gasteiger partial charge < -0.3 is 10.6 Å². The molecule has 1 saturated heterocycles. The van der Waals surface area contributed by atoms with Crippen molar-refractivity contribution in [3.05, 3.63) is 17.1 Å². The average Bonchev–Trinajstić information content (AvgIpc) is 2.42. The van der Waals surface area contributed by atoms with E-state index in [1.54, 1.807) is 0 Å². The standard InChI is InChI=1S/C14H24N4/c1-4-13-16-11(3)10(2)14(17-13)18-7-5-12(9-15)6-8-18/h12H,4-9,15H2,1-3H3. The first-order chi connectivity index (χ1) is 8.65. The molecule has 1 aromatic rings. The Morgan fingerprint density at radius 2 is 1.89 bits per heavy atom. The lowest BCUT2D eigenvalue weighted by Gasteiger charge is -2.33. The van der Waals surface area contributed by atoms with Crippen molar-refractivity contribution in [1.29, 1.82) is 0 Å². The first kappa shape index (κ1) is 13.3. The molecule has 4 heteroatoms. The highest BCUT2D eigenvalue weighted by Crippen LogP contribution is 2.25. The summed E-state index contributed by atoms with van der Waals surface area (Å²) in [6, 6.07) is 0. The van der Waals surface area contributed by atoms with Gasteiger partial charge in [0.2, 0.25) is 0 Å². The topological polar surface area (TPSA) is 55.0 Å². The molecule has 0 atom stereocenters. The largest absolute Gasteiger partial charge is 0.356 e. The lowest BCUT2D eigenvalue weighted by molar-refractivity contribution is 0.412. The highest BCUT2D eigenvalue weighted by atomic mass is 15.2. The van der Waals surface area contributed by atoms with Crippen LogP contribution >= 0.6 is 0 Å². The zero-order valence-corrected chi connectivity index (χ0v) is 11.7. The second-order valence-electron chi connectivity index (χ2n) is 5.19. The second kappa shape index (κ2) is 5.65. The van der Waals surface area contributed by atoms with E-state index in [1.165, 1.54) is 18.4 Å². The first-order valence-electron chi connectivity index (χ1n) is 6.94. The molecule has 0 unspecified atom stereocenters. The van der Waals surface area contributed by atoms with Gasteiger partial charge >= 0.3 is 0 Å². The molecule has 0 radical (unpaired) electrons. The first-order valence-corrected chi connectivity index (χ1v) is 6.94. The maximum atomic E-state index is 5.74. The quantitative estimate of drug-likeness (QED) is 0.886. The molecule has 2 rings (SSSR count). The van der Waals surface area contributed by atoms with Crippen molar-refractivity contribution in [2.75, 3.05) is 24.5 Å². The number of hydrogen-bond donors (Lipinski definition) is 1. The van der Waals surface area contributed by atoms with E-state index in [-0.39, 0.29) is 0 Å². The number of nitrogens with two attached hydrogens (primary N) is 1. The van der Waals surface area contributed by atoms with E-state index in [0.29, 0.717) is 5.92 Å². The molecule has 0 saturated carbocycles. The molecule has 4 nitrogen and oxygen atoms in total. The van der Waals surface area contributed by atoms with Crippen LogP contribution < -0.4 is 10.6 Å². The van der Waals surface area contributed by atoms with Gasteiger partial charge in [0, 0.05) is 30.8 Å². The van der Waals surface area contributed by atoms with Crippen LogP contribution in [0.1, 0.15) is 36.8 Å². The SMILES string of the molecule is CCc1nc(C)c(C)c(N2CCC(CN)CC2)n1. The van der Waals surface area contributed by atoms with Gasteiger partial charge in [-0.05, 0) is 39.2 Å². The molecule has 0 spiro atoms. The average molecular weight is 248 g/mol. The highest BCUT2D eigenvalue weighted by Gasteiger charge is 2.21. The van der Waals surface area contributed by atoms with E-state index in [1.807, 2.05) is 0 Å². The fourth-order valence-corrected chi connectivity index (χ4v) is 2.52. The minimum atomic E-state index is 0.690. The number of rotatable bonds is 3. The van der Waals surface area contributed by atoms with Gasteiger partial charge in [-0.2, -0.15) is 0 Å². The van der Waals surface area contributed by atoms with Gasteiger partial charge in [-0.3, -0.25) is 0 Å². The molecule has 18 heavy (non-hydrogen) atoms. The van der Waals surface area contributed by atoms with Crippen LogP contribution in [0.15, 0.2) is 0 Å². The number of anilines is 1. The molecule has 1 aromatic heterocycles. The zero-order chi connectivity index (χ0) is 13.1. The summed E-state index contributed by atoms with van der Waals surface area (Å²) in [4.78, 5) is 11.6. The van der Waals surface area contributed by atoms with Gasteiger partial charge in [0.15, 0.2) is 0 Å². The van der Waals surface area contributed by atoms with Crippen LogP contribution in [0.3, 0.4) is 0 Å². The van der Waals surface area contributed by atoms with Crippen LogP contribution in [0.4, 0.5) is 5.82 Å². The fourth-order valence-electron chi connectivity index (χ4n) is 2.52. The number of nitrogens with zero attached hydrogens (tertiary/aromatic N) is 3. The van der Waals surface area contributed by atoms with Crippen LogP contribution in [0.2, 0.25) is 0 Å². The van der Waals surface area contributed by atoms with Crippen LogP contribution in [0, 0.1) is 19.8 Å². The fraction of sp³-hybridized carbons (Fsp3) is 0.714. The van der Waals surface area contributed by atoms with Crippen molar-refractivity contribution in [1.82, 2.24) is 9.97 Å². The van der Waals surface area contributed by atoms with Gasteiger partial charge in [-0.25, -0.2) is 9.97 Å². The lowest BCUT2D eigenvalue weighted by atomic mass is 9.97. The molecule has 0 amide bonds. The Morgan fingerprint density at radius 3 is 2.44 bits per heavy atom. The van der Waals surface area contributed by atoms with Crippen molar-refractivity contribution in [2.45, 2.75) is 40.0 Å². The van der Waals surface area contributed by atoms with Crippen LogP contribution in [-0.4, -0.2) is 29.6 Å². The summed E-state index contributed by atoms with van der Waals surface area (Å²) in [5, 5.41) is 0. The van der Waals surface area contributed by atoms with E-state index in [4.69, 9.17) is 10.7 Å². The third kappa shape index (κ3) is 2.64. The van der Waals surface area contributed by atoms with Gasteiger partial charge in [0.1, 0.15) is 11.6 Å². The van der Waals surface area contributed by atoms with Gasteiger partial charge in [-0.1, -0.05) is 6.92 Å². The molecule has 2 N–H and O–H groups in total. The Hall–Kier alpha value is -1.16. The molecule has 0 bridgehead atoms. The lowest BCUT2D eigenvalue weighted by Crippen LogP contribution is -2.37. The van der Waals surface area contributed by atoms with Gasteiger partial charge in [-0.15, -0.1) is 0 Å². The molecular formula is C14H24N4. The molecular weight excluding hydrogens is 224 g/mol. The number of hydrogen-bond acceptors (Lipinski definition) is 4. The van der Waals surface area contributed by atoms with E-state index >= 15 is 0 Å². The monoisotopic (exact) mass is 248 g/mol. The van der Waals surface area contributed by atoms with Crippen molar-refractivity contribution in [3.63, 3.8) is 0 Å². The summed E-state index contributed by atoms with van der Waals surface area (Å²) in [5.41, 5.74) is 8.07. The van der Waals surface area contributed by atoms with Crippen LogP contribution in [-0.2, 0) is 6.42 Å². The predicted octanol–water partition coefficient (Wildman–Crippen LogP) is 1.83. The highest BCUT2D eigenvalue weighted by molar-refractivity contribution is 5.48. The molecule has 1 fully saturated rings. The Bertz CT molecular complexity index is 409. The maximum Gasteiger partial charge on any atom is 0.135 e. The second-order valence-corrected chi connectivity index (χ2v) is 5.19. The third-order valence-corrected chi connectivity index (χ3v) is 3.97. The Kier molecular flexibility index (Phi) is 4.17. The summed E-state index contributed by atoms with van der Waals surface area (Å²) in [7, 11) is 0. The Balaban J connectivity index is 2.20. The molecule has 0 aromatic carbocycles. The minimum absolute atomic E-state index is 0.690. The molecule has 1 aliphatic rings. The summed E-state index contributed by atoms with van der Waals surface area (Å²) in [6.07, 6.45) is 3.26. The summed E-state index contributed by atoms with van der Waals surface area (Å²) < 4.78 is 0. The molecule has 2 heterocycles. The van der Waals surface area contributed by atoms with Crippen LogP contribution in [0.5, 0.6) is 0 Å². The predicted molar refractivity (Wildman–Crippen MR) is 74.9 cm³/mol. The van der Waals surface area contributed by atoms with Crippen LogP contribution in [0.25, 0.3) is 0 Å². The molecule has 100 valence electrons. The smallest absolute Gasteiger partial charge is 0.135 e. The van der Waals surface area contributed by atoms with E-state index in [0.717, 1.165) is 43.4 Å². The third-order valence-electron chi connectivity index (χ3n) is 3.97. The van der Waals surface area contributed by atoms with E-state index < -0.39 is 0 Å². The summed E-state index contributed by atoms with van der Waals surface area (Å²) >= 11 is 0. The van der Waals surface area contributed by atoms with Crippen molar-refractivity contribution in [3.8, 4) is 0 Å². The van der Waals surface area contributed by atoms with Crippen molar-refractivity contribution < 1.29 is 0 Å².